The lowest BCUT2D eigenvalue weighted by atomic mass is 10.3. The standard InChI is InChI=1S/C11H12BrN5O/c12-8-1-3-9(4-2-8)15-11(18)6-17-7-14-10(5-13)16-17/h1-4,7H,5-6,13H2,(H,15,18). The maximum absolute atomic E-state index is 11.7. The minimum absolute atomic E-state index is 0.114. The number of benzene rings is 1. The van der Waals surface area contributed by atoms with Crippen molar-refractivity contribution in [3.05, 3.63) is 40.9 Å². The van der Waals surface area contributed by atoms with Crippen molar-refractivity contribution in [3.63, 3.8) is 0 Å². The van der Waals surface area contributed by atoms with Gasteiger partial charge in [0, 0.05) is 10.2 Å². The topological polar surface area (TPSA) is 85.8 Å². The smallest absolute Gasteiger partial charge is 0.246 e. The largest absolute Gasteiger partial charge is 0.324 e. The molecular weight excluding hydrogens is 298 g/mol. The molecule has 1 aromatic carbocycles. The summed E-state index contributed by atoms with van der Waals surface area (Å²) in [7, 11) is 0. The van der Waals surface area contributed by atoms with Gasteiger partial charge in [0.2, 0.25) is 5.91 Å². The summed E-state index contributed by atoms with van der Waals surface area (Å²) < 4.78 is 2.42. The Bertz CT molecular complexity index is 537. The van der Waals surface area contributed by atoms with Gasteiger partial charge in [-0.3, -0.25) is 4.79 Å². The Morgan fingerprint density at radius 1 is 1.39 bits per heavy atom. The quantitative estimate of drug-likeness (QED) is 0.886. The number of anilines is 1. The van der Waals surface area contributed by atoms with Gasteiger partial charge in [0.1, 0.15) is 12.9 Å². The van der Waals surface area contributed by atoms with Crippen LogP contribution < -0.4 is 11.1 Å². The average molecular weight is 310 g/mol. The molecule has 0 radical (unpaired) electrons. The van der Waals surface area contributed by atoms with E-state index < -0.39 is 0 Å². The number of carbonyl (C=O) groups excluding carboxylic acids is 1. The molecule has 18 heavy (non-hydrogen) atoms. The number of halogens is 1. The number of hydrogen-bond acceptors (Lipinski definition) is 4. The monoisotopic (exact) mass is 309 g/mol. The fraction of sp³-hybridized carbons (Fsp3) is 0.182. The van der Waals surface area contributed by atoms with E-state index in [-0.39, 0.29) is 19.0 Å². The third-order valence-corrected chi connectivity index (χ3v) is 2.73. The molecule has 0 saturated carbocycles. The normalized spacial score (nSPS) is 10.3. The first-order valence-electron chi connectivity index (χ1n) is 5.31. The first-order chi connectivity index (χ1) is 8.67. The molecule has 0 unspecified atom stereocenters. The molecule has 0 aliphatic heterocycles. The van der Waals surface area contributed by atoms with E-state index in [0.717, 1.165) is 10.2 Å². The van der Waals surface area contributed by atoms with Gasteiger partial charge in [0.05, 0.1) is 6.54 Å². The Morgan fingerprint density at radius 2 is 2.11 bits per heavy atom. The van der Waals surface area contributed by atoms with E-state index in [0.29, 0.717) is 5.82 Å². The highest BCUT2D eigenvalue weighted by Gasteiger charge is 2.05. The number of nitrogens with one attached hydrogen (secondary N) is 1. The number of aromatic nitrogens is 3. The van der Waals surface area contributed by atoms with E-state index >= 15 is 0 Å². The van der Waals surface area contributed by atoms with Crippen molar-refractivity contribution in [1.29, 1.82) is 0 Å². The number of nitrogens with two attached hydrogens (primary N) is 1. The van der Waals surface area contributed by atoms with E-state index in [1.165, 1.54) is 11.0 Å². The van der Waals surface area contributed by atoms with E-state index in [9.17, 15) is 4.79 Å². The van der Waals surface area contributed by atoms with Crippen LogP contribution in [0.1, 0.15) is 5.82 Å². The second kappa shape index (κ2) is 5.74. The lowest BCUT2D eigenvalue weighted by Crippen LogP contribution is -2.19. The predicted molar refractivity (Wildman–Crippen MR) is 70.7 cm³/mol. The average Bonchev–Trinajstić information content (AvgIpc) is 2.79. The number of nitrogens with zero attached hydrogens (tertiary/aromatic N) is 3. The summed E-state index contributed by atoms with van der Waals surface area (Å²) in [6, 6.07) is 7.35. The minimum Gasteiger partial charge on any atom is -0.324 e. The third-order valence-electron chi connectivity index (χ3n) is 2.20. The molecule has 0 saturated heterocycles. The number of hydrogen-bond donors (Lipinski definition) is 2. The van der Waals surface area contributed by atoms with Gasteiger partial charge in [0.15, 0.2) is 5.82 Å². The van der Waals surface area contributed by atoms with Gasteiger partial charge in [-0.05, 0) is 24.3 Å². The molecule has 1 amide bonds. The van der Waals surface area contributed by atoms with Gasteiger partial charge in [-0.15, -0.1) is 0 Å². The van der Waals surface area contributed by atoms with Crippen LogP contribution in [0.15, 0.2) is 35.1 Å². The minimum atomic E-state index is -0.161. The highest BCUT2D eigenvalue weighted by atomic mass is 79.9. The maximum atomic E-state index is 11.7. The van der Waals surface area contributed by atoms with Crippen molar-refractivity contribution >= 4 is 27.5 Å². The number of amides is 1. The summed E-state index contributed by atoms with van der Waals surface area (Å²) in [5.74, 6) is 0.359. The van der Waals surface area contributed by atoms with Crippen LogP contribution in [0.4, 0.5) is 5.69 Å². The van der Waals surface area contributed by atoms with Crippen LogP contribution in [0.5, 0.6) is 0 Å². The van der Waals surface area contributed by atoms with Gasteiger partial charge in [-0.1, -0.05) is 15.9 Å². The van der Waals surface area contributed by atoms with Gasteiger partial charge in [-0.25, -0.2) is 9.67 Å². The van der Waals surface area contributed by atoms with Crippen molar-refractivity contribution in [2.75, 3.05) is 5.32 Å². The highest BCUT2D eigenvalue weighted by Crippen LogP contribution is 2.13. The van der Waals surface area contributed by atoms with Crippen LogP contribution in [-0.4, -0.2) is 20.7 Å². The molecular formula is C11H12BrN5O. The number of rotatable bonds is 4. The first-order valence-corrected chi connectivity index (χ1v) is 6.10. The molecule has 1 heterocycles. The SMILES string of the molecule is NCc1ncn(CC(=O)Nc2ccc(Br)cc2)n1. The van der Waals surface area contributed by atoms with E-state index in [1.807, 2.05) is 24.3 Å². The summed E-state index contributed by atoms with van der Waals surface area (Å²) in [5.41, 5.74) is 6.13. The molecule has 0 aliphatic carbocycles. The molecule has 2 rings (SSSR count). The Kier molecular flexibility index (Phi) is 4.06. The van der Waals surface area contributed by atoms with Crippen molar-refractivity contribution in [2.24, 2.45) is 5.73 Å². The van der Waals surface area contributed by atoms with Crippen molar-refractivity contribution in [2.45, 2.75) is 13.1 Å². The molecule has 7 heteroatoms. The van der Waals surface area contributed by atoms with E-state index in [2.05, 4.69) is 31.3 Å². The summed E-state index contributed by atoms with van der Waals surface area (Å²) in [4.78, 5) is 15.7. The van der Waals surface area contributed by atoms with Crippen LogP contribution in [0.25, 0.3) is 0 Å². The van der Waals surface area contributed by atoms with Gasteiger partial charge in [0.25, 0.3) is 0 Å². The fourth-order valence-electron chi connectivity index (χ4n) is 1.38. The van der Waals surface area contributed by atoms with Crippen LogP contribution >= 0.6 is 15.9 Å². The Balaban J connectivity index is 1.94. The van der Waals surface area contributed by atoms with Crippen molar-refractivity contribution < 1.29 is 4.79 Å². The fourth-order valence-corrected chi connectivity index (χ4v) is 1.65. The molecule has 0 fully saturated rings. The van der Waals surface area contributed by atoms with Gasteiger partial charge in [-0.2, -0.15) is 5.10 Å². The molecule has 3 N–H and O–H groups in total. The predicted octanol–water partition coefficient (Wildman–Crippen LogP) is 1.14. The zero-order valence-corrected chi connectivity index (χ0v) is 11.1. The molecule has 0 aliphatic rings. The molecule has 2 aromatic rings. The first kappa shape index (κ1) is 12.7. The van der Waals surface area contributed by atoms with Crippen LogP contribution in [-0.2, 0) is 17.9 Å². The van der Waals surface area contributed by atoms with Crippen LogP contribution in [0.3, 0.4) is 0 Å². The highest BCUT2D eigenvalue weighted by molar-refractivity contribution is 9.10. The van der Waals surface area contributed by atoms with Gasteiger partial charge >= 0.3 is 0 Å². The summed E-state index contributed by atoms with van der Waals surface area (Å²) in [5, 5.41) is 6.80. The van der Waals surface area contributed by atoms with E-state index in [1.54, 1.807) is 0 Å². The molecule has 0 atom stereocenters. The zero-order valence-electron chi connectivity index (χ0n) is 9.51. The number of carbonyl (C=O) groups is 1. The maximum Gasteiger partial charge on any atom is 0.246 e. The summed E-state index contributed by atoms with van der Waals surface area (Å²) >= 11 is 3.33. The lowest BCUT2D eigenvalue weighted by Gasteiger charge is -2.04. The third kappa shape index (κ3) is 3.38. The van der Waals surface area contributed by atoms with Crippen molar-refractivity contribution in [3.8, 4) is 0 Å². The second-order valence-corrected chi connectivity index (χ2v) is 4.53. The molecule has 0 bridgehead atoms. The summed E-state index contributed by atoms with van der Waals surface area (Å²) in [6.45, 7) is 0.379. The Labute approximate surface area is 112 Å². The molecule has 6 nitrogen and oxygen atoms in total. The zero-order chi connectivity index (χ0) is 13.0. The summed E-state index contributed by atoms with van der Waals surface area (Å²) in [6.07, 6.45) is 1.49. The lowest BCUT2D eigenvalue weighted by molar-refractivity contribution is -0.116. The Morgan fingerprint density at radius 3 is 2.72 bits per heavy atom. The van der Waals surface area contributed by atoms with E-state index in [4.69, 9.17) is 5.73 Å². The Hall–Kier alpha value is -1.73. The molecule has 0 spiro atoms. The van der Waals surface area contributed by atoms with Crippen molar-refractivity contribution in [1.82, 2.24) is 14.8 Å². The van der Waals surface area contributed by atoms with Gasteiger partial charge < -0.3 is 11.1 Å². The van der Waals surface area contributed by atoms with Crippen LogP contribution in [0.2, 0.25) is 0 Å². The molecule has 1 aromatic heterocycles. The van der Waals surface area contributed by atoms with Crippen LogP contribution in [0, 0.1) is 0 Å². The second-order valence-electron chi connectivity index (χ2n) is 3.62. The molecule has 94 valence electrons.